The Morgan fingerprint density at radius 3 is 2.18 bits per heavy atom. The van der Waals surface area contributed by atoms with Crippen LogP contribution in [0, 0.1) is 12.8 Å². The van der Waals surface area contributed by atoms with E-state index in [4.69, 9.17) is 24.7 Å². The van der Waals surface area contributed by atoms with E-state index in [1.165, 1.54) is 41.3 Å². The topological polar surface area (TPSA) is 127 Å². The highest BCUT2D eigenvalue weighted by Crippen LogP contribution is 2.29. The highest BCUT2D eigenvalue weighted by Gasteiger charge is 2.17. The molecule has 4 rings (SSSR count). The van der Waals surface area contributed by atoms with Crippen LogP contribution in [0.1, 0.15) is 57.2 Å². The monoisotopic (exact) mass is 604 g/mol. The Morgan fingerprint density at radius 2 is 1.57 bits per heavy atom. The third-order valence-electron chi connectivity index (χ3n) is 6.09. The molecule has 0 saturated carbocycles. The standard InChI is InChI=1S/C12H16N2O5.C12H16O2.C11H10.H2/c1-7(2)12(16)19-6-18-10-8(17-3)4-5-14-9(10)11(13)15;1-3-12(13)14-10(2)9-11-7-5-4-6-8-11;1-9-6-7-10-4-2-3-5-11(10)8-9;/h4-5,7H,6H2,1-3H3,(H2,13,15);4-8,10H,3,9H2,1-2H3;2-8H,1H3;1H/t;10-;;/m.0../s1. The number of primary amides is 1. The largest absolute Gasteiger partial charge is 0.493 e. The third kappa shape index (κ3) is 12.1. The molecule has 44 heavy (non-hydrogen) atoms. The fraction of sp³-hybridized carbons (Fsp3) is 0.314. The average molecular weight is 605 g/mol. The summed E-state index contributed by atoms with van der Waals surface area (Å²) in [6.45, 7) is 8.88. The predicted octanol–water partition coefficient (Wildman–Crippen LogP) is 6.69. The Hall–Kier alpha value is -4.92. The Labute approximate surface area is 260 Å². The predicted molar refractivity (Wildman–Crippen MR) is 173 cm³/mol. The number of ether oxygens (including phenoxy) is 4. The normalized spacial score (nSPS) is 10.8. The number of carbonyl (C=O) groups excluding carboxylic acids is 3. The molecule has 0 bridgehead atoms. The van der Waals surface area contributed by atoms with Gasteiger partial charge in [0.25, 0.3) is 5.91 Å². The Bertz CT molecular complexity index is 1500. The van der Waals surface area contributed by atoms with Gasteiger partial charge in [0.15, 0.2) is 17.2 Å². The van der Waals surface area contributed by atoms with Gasteiger partial charge in [0.2, 0.25) is 6.79 Å². The van der Waals surface area contributed by atoms with Crippen molar-refractivity contribution in [3.8, 4) is 11.5 Å². The zero-order valence-electron chi connectivity index (χ0n) is 26.2. The number of nitrogens with two attached hydrogens (primary N) is 1. The molecule has 3 aromatic carbocycles. The number of hydrogen-bond acceptors (Lipinski definition) is 8. The first-order valence-electron chi connectivity index (χ1n) is 14.4. The first kappa shape index (κ1) is 35.3. The number of nitrogens with zero attached hydrogens (tertiary/aromatic N) is 1. The average Bonchev–Trinajstić information content (AvgIpc) is 3.01. The van der Waals surface area contributed by atoms with E-state index >= 15 is 0 Å². The van der Waals surface area contributed by atoms with E-state index in [9.17, 15) is 14.4 Å². The Kier molecular flexibility index (Phi) is 14.9. The van der Waals surface area contributed by atoms with E-state index in [0.29, 0.717) is 6.42 Å². The maximum atomic E-state index is 11.3. The smallest absolute Gasteiger partial charge is 0.311 e. The summed E-state index contributed by atoms with van der Waals surface area (Å²) in [4.78, 5) is 37.3. The fourth-order valence-corrected chi connectivity index (χ4v) is 3.82. The number of methoxy groups -OCH3 is 1. The van der Waals surface area contributed by atoms with Gasteiger partial charge in [-0.2, -0.15) is 0 Å². The summed E-state index contributed by atoms with van der Waals surface area (Å²) >= 11 is 0. The number of aromatic nitrogens is 1. The number of amides is 1. The molecule has 4 aromatic rings. The van der Waals surface area contributed by atoms with Crippen molar-refractivity contribution < 1.29 is 34.8 Å². The van der Waals surface area contributed by atoms with Gasteiger partial charge >= 0.3 is 11.9 Å². The molecular weight excluding hydrogens is 560 g/mol. The molecule has 2 N–H and O–H groups in total. The van der Waals surface area contributed by atoms with Gasteiger partial charge in [-0.15, -0.1) is 0 Å². The second kappa shape index (κ2) is 18.6. The molecule has 0 radical (unpaired) electrons. The Balaban J connectivity index is 0.000000345. The number of esters is 2. The van der Waals surface area contributed by atoms with Crippen molar-refractivity contribution in [1.82, 2.24) is 4.98 Å². The van der Waals surface area contributed by atoms with E-state index in [1.54, 1.807) is 20.8 Å². The van der Waals surface area contributed by atoms with Crippen molar-refractivity contribution >= 4 is 28.6 Å². The molecule has 0 spiro atoms. The molecule has 0 unspecified atom stereocenters. The first-order valence-corrected chi connectivity index (χ1v) is 14.4. The second-order valence-corrected chi connectivity index (χ2v) is 10.1. The first-order chi connectivity index (χ1) is 21.0. The maximum absolute atomic E-state index is 11.3. The van der Waals surface area contributed by atoms with Gasteiger partial charge in [-0.05, 0) is 30.2 Å². The molecule has 0 aliphatic carbocycles. The van der Waals surface area contributed by atoms with Gasteiger partial charge in [-0.25, -0.2) is 4.98 Å². The third-order valence-corrected chi connectivity index (χ3v) is 6.09. The van der Waals surface area contributed by atoms with Crippen LogP contribution in [0.2, 0.25) is 0 Å². The van der Waals surface area contributed by atoms with Crippen molar-refractivity contribution in [3.05, 3.63) is 102 Å². The molecule has 9 heteroatoms. The molecule has 9 nitrogen and oxygen atoms in total. The SMILES string of the molecule is CCC(=O)O[C@@H](C)Cc1ccccc1.COc1ccnc(C(N)=O)c1OCOC(=O)C(C)C.Cc1ccc2ccccc2c1.[HH]. The molecule has 236 valence electrons. The van der Waals surface area contributed by atoms with Crippen LogP contribution in [0.25, 0.3) is 10.8 Å². The summed E-state index contributed by atoms with van der Waals surface area (Å²) in [7, 11) is 1.41. The number of rotatable bonds is 10. The van der Waals surface area contributed by atoms with Gasteiger partial charge in [-0.3, -0.25) is 14.4 Å². The van der Waals surface area contributed by atoms with E-state index in [0.717, 1.165) is 6.42 Å². The number of hydrogen-bond donors (Lipinski definition) is 1. The minimum atomic E-state index is -0.760. The lowest BCUT2D eigenvalue weighted by Crippen LogP contribution is -2.19. The molecule has 0 aliphatic heterocycles. The molecular formula is C35H44N2O7. The van der Waals surface area contributed by atoms with Gasteiger partial charge in [0.05, 0.1) is 13.0 Å². The Morgan fingerprint density at radius 1 is 0.909 bits per heavy atom. The maximum Gasteiger partial charge on any atom is 0.311 e. The lowest BCUT2D eigenvalue weighted by molar-refractivity contribution is -0.154. The summed E-state index contributed by atoms with van der Waals surface area (Å²) in [5, 5.41) is 2.64. The molecule has 1 aromatic heterocycles. The molecule has 1 heterocycles. The zero-order valence-corrected chi connectivity index (χ0v) is 26.2. The van der Waals surface area contributed by atoms with Crippen LogP contribution in [0.3, 0.4) is 0 Å². The van der Waals surface area contributed by atoms with E-state index in [1.807, 2.05) is 37.3 Å². The summed E-state index contributed by atoms with van der Waals surface area (Å²) in [6, 6.07) is 26.5. The van der Waals surface area contributed by atoms with E-state index in [2.05, 4.69) is 54.4 Å². The van der Waals surface area contributed by atoms with Crippen molar-refractivity contribution in [1.29, 1.82) is 0 Å². The van der Waals surface area contributed by atoms with Gasteiger partial charge in [0.1, 0.15) is 6.10 Å². The van der Waals surface area contributed by atoms with Crippen LogP contribution < -0.4 is 15.2 Å². The van der Waals surface area contributed by atoms with Crippen molar-refractivity contribution in [2.24, 2.45) is 11.7 Å². The number of aryl methyl sites for hydroxylation is 1. The minimum Gasteiger partial charge on any atom is -0.493 e. The highest BCUT2D eigenvalue weighted by molar-refractivity contribution is 5.94. The highest BCUT2D eigenvalue weighted by atomic mass is 16.7. The van der Waals surface area contributed by atoms with E-state index in [-0.39, 0.29) is 43.4 Å². The lowest BCUT2D eigenvalue weighted by atomic mass is 10.1. The molecule has 1 atom stereocenters. The summed E-state index contributed by atoms with van der Waals surface area (Å²) < 4.78 is 20.2. The van der Waals surface area contributed by atoms with Crippen LogP contribution >= 0.6 is 0 Å². The number of fused-ring (bicyclic) bond motifs is 1. The summed E-state index contributed by atoms with van der Waals surface area (Å²) in [5.74, 6) is -1.24. The molecule has 0 fully saturated rings. The lowest BCUT2D eigenvalue weighted by Gasteiger charge is -2.13. The van der Waals surface area contributed by atoms with Crippen molar-refractivity contribution in [2.45, 2.75) is 53.6 Å². The van der Waals surface area contributed by atoms with E-state index < -0.39 is 11.9 Å². The molecule has 0 saturated heterocycles. The fourth-order valence-electron chi connectivity index (χ4n) is 3.82. The molecule has 1 amide bonds. The molecule has 0 aliphatic rings. The summed E-state index contributed by atoms with van der Waals surface area (Å²) in [6.07, 6.45) is 2.56. The number of pyridine rings is 1. The van der Waals surface area contributed by atoms with Gasteiger partial charge < -0.3 is 24.7 Å². The van der Waals surface area contributed by atoms with Crippen LogP contribution in [0.4, 0.5) is 0 Å². The summed E-state index contributed by atoms with van der Waals surface area (Å²) in [5.41, 5.74) is 7.61. The van der Waals surface area contributed by atoms with Crippen molar-refractivity contribution in [3.63, 3.8) is 0 Å². The number of carbonyl (C=O) groups is 3. The quantitative estimate of drug-likeness (QED) is 0.157. The minimum absolute atomic E-state index is 0. The van der Waals surface area contributed by atoms with Crippen LogP contribution in [-0.2, 0) is 25.5 Å². The number of benzene rings is 3. The van der Waals surface area contributed by atoms with Gasteiger partial charge in [0, 0.05) is 26.5 Å². The van der Waals surface area contributed by atoms with Crippen LogP contribution in [-0.4, -0.2) is 42.8 Å². The zero-order chi connectivity index (χ0) is 32.5. The van der Waals surface area contributed by atoms with Gasteiger partial charge in [-0.1, -0.05) is 99.1 Å². The van der Waals surface area contributed by atoms with Crippen LogP contribution in [0.5, 0.6) is 11.5 Å². The van der Waals surface area contributed by atoms with Crippen molar-refractivity contribution in [2.75, 3.05) is 13.9 Å². The van der Waals surface area contributed by atoms with Crippen LogP contribution in [0.15, 0.2) is 85.1 Å². The second-order valence-electron chi connectivity index (χ2n) is 10.1.